The third-order valence-corrected chi connectivity index (χ3v) is 7.22. The number of hydrogen-bond acceptors (Lipinski definition) is 9. The van der Waals surface area contributed by atoms with E-state index in [1.54, 1.807) is 10.9 Å². The van der Waals surface area contributed by atoms with Crippen LogP contribution in [0.4, 0.5) is 5.82 Å². The number of rotatable bonds is 7. The van der Waals surface area contributed by atoms with Crippen LogP contribution < -0.4 is 5.32 Å². The molecule has 1 amide bonds. The van der Waals surface area contributed by atoms with Crippen LogP contribution in [0, 0.1) is 5.41 Å². The van der Waals surface area contributed by atoms with Crippen LogP contribution in [-0.4, -0.2) is 56.2 Å². The summed E-state index contributed by atoms with van der Waals surface area (Å²) in [5.41, 5.74) is 0.427. The molecule has 1 saturated heterocycles. The van der Waals surface area contributed by atoms with Gasteiger partial charge in [-0.3, -0.25) is 13.9 Å². The van der Waals surface area contributed by atoms with Gasteiger partial charge in [-0.05, 0) is 0 Å². The van der Waals surface area contributed by atoms with Crippen LogP contribution in [0.1, 0.15) is 33.4 Å². The van der Waals surface area contributed by atoms with E-state index in [2.05, 4.69) is 42.9 Å². The Hall–Kier alpha value is -1.18. The molecule has 166 valence electrons. The Bertz CT molecular complexity index is 956. The van der Waals surface area contributed by atoms with Gasteiger partial charge in [-0.2, -0.15) is 0 Å². The molecule has 3 heterocycles. The average molecular weight is 553 g/mol. The average Bonchev–Trinajstić information content (AvgIpc) is 3.29. The number of ether oxygens (including phenoxy) is 2. The Morgan fingerprint density at radius 3 is 2.67 bits per heavy atom. The number of carbonyl (C=O) groups is 1. The monoisotopic (exact) mass is 553 g/mol. The molecule has 0 saturated carbocycles. The summed E-state index contributed by atoms with van der Waals surface area (Å²) in [6, 6.07) is 0. The van der Waals surface area contributed by atoms with Crippen molar-refractivity contribution in [2.75, 3.05) is 25.9 Å². The van der Waals surface area contributed by atoms with Gasteiger partial charge < -0.3 is 23.8 Å². The normalized spacial score (nSPS) is 22.5. The Morgan fingerprint density at radius 2 is 2.03 bits per heavy atom. The molecule has 0 spiro atoms. The van der Waals surface area contributed by atoms with Crippen LogP contribution in [0.2, 0.25) is 0 Å². The smallest absolute Gasteiger partial charge is 0.339 e. The maximum absolute atomic E-state index is 12.3. The van der Waals surface area contributed by atoms with Gasteiger partial charge in [-0.25, -0.2) is 15.0 Å². The van der Waals surface area contributed by atoms with Gasteiger partial charge in [0.2, 0.25) is 5.91 Å². The van der Waals surface area contributed by atoms with E-state index < -0.39 is 25.5 Å². The molecular formula is C17H25IN5O6P. The van der Waals surface area contributed by atoms with Crippen LogP contribution in [0.3, 0.4) is 0 Å². The minimum absolute atomic E-state index is 0.00545. The summed E-state index contributed by atoms with van der Waals surface area (Å²) in [4.78, 5) is 25.2. The third kappa shape index (κ3) is 5.00. The summed E-state index contributed by atoms with van der Waals surface area (Å²) in [7, 11) is -0.686. The molecule has 30 heavy (non-hydrogen) atoms. The largest absolute Gasteiger partial charge is 0.355 e. The minimum atomic E-state index is -3.30. The quantitative estimate of drug-likeness (QED) is 0.312. The first-order valence-electron chi connectivity index (χ1n) is 9.18. The number of hydrogen-bond donors (Lipinski definition) is 1. The first kappa shape index (κ1) is 23.5. The lowest BCUT2D eigenvalue weighted by atomic mass is 9.96. The molecule has 1 aliphatic heterocycles. The highest BCUT2D eigenvalue weighted by Gasteiger charge is 2.38. The van der Waals surface area contributed by atoms with Gasteiger partial charge in [0.05, 0.1) is 10.3 Å². The molecule has 0 aromatic carbocycles. The zero-order chi connectivity index (χ0) is 22.1. The lowest BCUT2D eigenvalue weighted by Crippen LogP contribution is -2.28. The zero-order valence-electron chi connectivity index (χ0n) is 17.4. The van der Waals surface area contributed by atoms with Crippen molar-refractivity contribution < 1.29 is 27.9 Å². The van der Waals surface area contributed by atoms with E-state index >= 15 is 0 Å². The van der Waals surface area contributed by atoms with Crippen LogP contribution in [0.25, 0.3) is 11.2 Å². The predicted molar refractivity (Wildman–Crippen MR) is 117 cm³/mol. The second kappa shape index (κ2) is 9.13. The molecule has 0 bridgehead atoms. The predicted octanol–water partition coefficient (Wildman–Crippen LogP) is 3.32. The second-order valence-electron chi connectivity index (χ2n) is 7.73. The zero-order valence-corrected chi connectivity index (χ0v) is 20.4. The van der Waals surface area contributed by atoms with Gasteiger partial charge in [0.15, 0.2) is 29.6 Å². The highest BCUT2D eigenvalue weighted by Crippen LogP contribution is 2.47. The number of imidazole rings is 1. The maximum atomic E-state index is 12.3. The van der Waals surface area contributed by atoms with E-state index in [-0.39, 0.29) is 16.2 Å². The fourth-order valence-corrected chi connectivity index (χ4v) is 4.22. The van der Waals surface area contributed by atoms with Gasteiger partial charge in [0, 0.05) is 26.1 Å². The van der Waals surface area contributed by atoms with Gasteiger partial charge in [0.25, 0.3) is 0 Å². The second-order valence-corrected chi connectivity index (χ2v) is 11.5. The lowest BCUT2D eigenvalue weighted by molar-refractivity contribution is -0.137. The van der Waals surface area contributed by atoms with Crippen molar-refractivity contribution in [2.45, 2.75) is 43.6 Å². The van der Waals surface area contributed by atoms with E-state index in [0.29, 0.717) is 23.4 Å². The number of nitrogens with one attached hydrogen (secondary N) is 1. The van der Waals surface area contributed by atoms with Crippen molar-refractivity contribution in [3.05, 3.63) is 12.7 Å². The number of carbonyl (C=O) groups excluding carboxylic acids is 1. The van der Waals surface area contributed by atoms with E-state index in [0.717, 1.165) is 0 Å². The number of halogens is 1. The van der Waals surface area contributed by atoms with Crippen LogP contribution in [0.5, 0.6) is 0 Å². The summed E-state index contributed by atoms with van der Waals surface area (Å²) < 4.78 is 35.4. The highest BCUT2D eigenvalue weighted by atomic mass is 127. The Labute approximate surface area is 187 Å². The standard InChI is InChI=1S/C17H25IN5O6P/c1-17(2,3)16(24)22-13-12-14(20-7-19-13)23(8-21-12)11-6-10(18)15(29-11)28-9-30(25,26-4)27-5/h7-8,10-11,15H,6,9H2,1-5H3,(H,19,20,22,24)/t10-,11+,15-/m0/s1. The summed E-state index contributed by atoms with van der Waals surface area (Å²) in [6.07, 6.45) is 2.37. The fourth-order valence-electron chi connectivity index (χ4n) is 2.72. The Balaban J connectivity index is 1.77. The molecule has 1 N–H and O–H groups in total. The third-order valence-electron chi connectivity index (χ3n) is 4.55. The van der Waals surface area contributed by atoms with Gasteiger partial charge >= 0.3 is 7.60 Å². The van der Waals surface area contributed by atoms with Crippen molar-refractivity contribution in [3.63, 3.8) is 0 Å². The summed E-state index contributed by atoms with van der Waals surface area (Å²) in [5.74, 6) is 0.173. The summed E-state index contributed by atoms with van der Waals surface area (Å²) in [6.45, 7) is 5.45. The molecule has 11 nitrogen and oxygen atoms in total. The number of alkyl halides is 1. The summed E-state index contributed by atoms with van der Waals surface area (Å²) in [5, 5.41) is 2.80. The SMILES string of the molecule is COP(=O)(CO[C@H]1O[C@@H](n2cnc3c(NC(=O)C(C)(C)C)ncnc32)C[C@@H]1I)OC. The van der Waals surface area contributed by atoms with Crippen molar-refractivity contribution >= 4 is 53.1 Å². The first-order valence-corrected chi connectivity index (χ1v) is 12.2. The molecular weight excluding hydrogens is 528 g/mol. The first-order chi connectivity index (χ1) is 14.1. The Morgan fingerprint density at radius 1 is 1.33 bits per heavy atom. The van der Waals surface area contributed by atoms with E-state index in [9.17, 15) is 9.36 Å². The molecule has 0 aliphatic carbocycles. The molecule has 3 rings (SSSR count). The molecule has 0 radical (unpaired) electrons. The van der Waals surface area contributed by atoms with E-state index in [1.165, 1.54) is 20.5 Å². The highest BCUT2D eigenvalue weighted by molar-refractivity contribution is 14.1. The van der Waals surface area contributed by atoms with Crippen LogP contribution in [-0.2, 0) is 27.9 Å². The summed E-state index contributed by atoms with van der Waals surface area (Å²) >= 11 is 2.22. The number of amides is 1. The topological polar surface area (TPSA) is 127 Å². The van der Waals surface area contributed by atoms with Gasteiger partial charge in [-0.15, -0.1) is 0 Å². The van der Waals surface area contributed by atoms with Gasteiger partial charge in [-0.1, -0.05) is 43.4 Å². The molecule has 0 unspecified atom stereocenters. The van der Waals surface area contributed by atoms with E-state index in [1.807, 2.05) is 20.8 Å². The number of fused-ring (bicyclic) bond motifs is 1. The molecule has 2 aromatic rings. The number of nitrogens with zero attached hydrogens (tertiary/aromatic N) is 4. The van der Waals surface area contributed by atoms with Crippen LogP contribution in [0.15, 0.2) is 12.7 Å². The number of aromatic nitrogens is 4. The maximum Gasteiger partial charge on any atom is 0.355 e. The minimum Gasteiger partial charge on any atom is -0.339 e. The fraction of sp³-hybridized carbons (Fsp3) is 0.647. The molecule has 2 aromatic heterocycles. The number of anilines is 1. The van der Waals surface area contributed by atoms with Crippen molar-refractivity contribution in [1.82, 2.24) is 19.5 Å². The molecule has 1 aliphatic rings. The van der Waals surface area contributed by atoms with Gasteiger partial charge in [0.1, 0.15) is 12.6 Å². The molecule has 1 fully saturated rings. The van der Waals surface area contributed by atoms with Crippen molar-refractivity contribution in [2.24, 2.45) is 5.41 Å². The van der Waals surface area contributed by atoms with Crippen molar-refractivity contribution in [3.8, 4) is 0 Å². The Kier molecular flexibility index (Phi) is 7.15. The lowest BCUT2D eigenvalue weighted by Gasteiger charge is -2.19. The van der Waals surface area contributed by atoms with Crippen molar-refractivity contribution in [1.29, 1.82) is 0 Å². The van der Waals surface area contributed by atoms with Crippen LogP contribution >= 0.6 is 30.2 Å². The molecule has 13 heteroatoms. The van der Waals surface area contributed by atoms with E-state index in [4.69, 9.17) is 18.5 Å². The molecule has 3 atom stereocenters.